The number of aromatic nitrogens is 2. The first-order valence-corrected chi connectivity index (χ1v) is 10.2. The normalized spacial score (nSPS) is 13.2. The molecule has 19 heavy (non-hydrogen) atoms. The van der Waals surface area contributed by atoms with Crippen molar-refractivity contribution in [2.24, 2.45) is 0 Å². The Labute approximate surface area is 124 Å². The summed E-state index contributed by atoms with van der Waals surface area (Å²) >= 11 is 3.39. The van der Waals surface area contributed by atoms with Crippen LogP contribution in [0.25, 0.3) is 11.0 Å². The summed E-state index contributed by atoms with van der Waals surface area (Å²) in [5.41, 5.74) is 3.12. The molecule has 2 aromatic rings. The van der Waals surface area contributed by atoms with Gasteiger partial charge in [-0.05, 0) is 52.3 Å². The zero-order chi connectivity index (χ0) is 14.3. The topological polar surface area (TPSA) is 37.9 Å². The highest BCUT2D eigenvalue weighted by Gasteiger charge is 2.37. The van der Waals surface area contributed by atoms with Gasteiger partial charge in [-0.15, -0.1) is 0 Å². The lowest BCUT2D eigenvalue weighted by Gasteiger charge is -2.36. The summed E-state index contributed by atoms with van der Waals surface area (Å²) in [4.78, 5) is 7.79. The number of hydrogen-bond donors (Lipinski definition) is 1. The van der Waals surface area contributed by atoms with E-state index in [1.54, 1.807) is 0 Å². The third-order valence-electron chi connectivity index (χ3n) is 3.89. The predicted octanol–water partition coefficient (Wildman–Crippen LogP) is 4.85. The highest BCUT2D eigenvalue weighted by molar-refractivity contribution is 9.10. The molecule has 0 bridgehead atoms. The molecule has 0 unspecified atom stereocenters. The van der Waals surface area contributed by atoms with Crippen molar-refractivity contribution in [1.29, 1.82) is 0 Å². The lowest BCUT2D eigenvalue weighted by atomic mass is 10.2. The molecule has 2 aromatic heterocycles. The molecule has 0 aromatic carbocycles. The van der Waals surface area contributed by atoms with E-state index in [-0.39, 0.29) is 5.04 Å². The SMILES string of the molecule is CC(C)(C)[Si](C)(C)OCc1cc2nc(Br)ccc2[nH]1. The number of aromatic amines is 1. The summed E-state index contributed by atoms with van der Waals surface area (Å²) < 4.78 is 7.07. The highest BCUT2D eigenvalue weighted by atomic mass is 79.9. The Bertz CT molecular complexity index is 587. The molecular weight excluding hydrogens is 320 g/mol. The van der Waals surface area contributed by atoms with Crippen molar-refractivity contribution in [3.05, 3.63) is 28.5 Å². The molecular formula is C14H21BrN2OSi. The molecule has 2 rings (SSSR count). The van der Waals surface area contributed by atoms with Crippen LogP contribution in [0.15, 0.2) is 22.8 Å². The van der Waals surface area contributed by atoms with E-state index in [0.717, 1.165) is 21.3 Å². The van der Waals surface area contributed by atoms with Gasteiger partial charge in [0.25, 0.3) is 0 Å². The standard InChI is InChI=1S/C14H21BrN2OSi/c1-14(2,3)19(4,5)18-9-10-8-12-11(16-10)6-7-13(15)17-12/h6-8,16H,9H2,1-5H3. The third kappa shape index (κ3) is 3.27. The first kappa shape index (κ1) is 14.7. The van der Waals surface area contributed by atoms with Crippen molar-refractivity contribution in [3.8, 4) is 0 Å². The summed E-state index contributed by atoms with van der Waals surface area (Å²) in [5.74, 6) is 0. The maximum absolute atomic E-state index is 6.21. The summed E-state index contributed by atoms with van der Waals surface area (Å²) in [6.07, 6.45) is 0. The molecule has 0 saturated heterocycles. The lowest BCUT2D eigenvalue weighted by Crippen LogP contribution is -2.40. The third-order valence-corrected chi connectivity index (χ3v) is 8.81. The predicted molar refractivity (Wildman–Crippen MR) is 85.8 cm³/mol. The minimum absolute atomic E-state index is 0.236. The van der Waals surface area contributed by atoms with E-state index in [0.29, 0.717) is 6.61 Å². The molecule has 0 saturated carbocycles. The van der Waals surface area contributed by atoms with Crippen LogP contribution >= 0.6 is 15.9 Å². The minimum Gasteiger partial charge on any atom is -0.411 e. The van der Waals surface area contributed by atoms with Gasteiger partial charge in [0.05, 0.1) is 17.6 Å². The first-order chi connectivity index (χ1) is 8.69. The number of nitrogens with one attached hydrogen (secondary N) is 1. The van der Waals surface area contributed by atoms with Crippen LogP contribution in [0, 0.1) is 0 Å². The number of nitrogens with zero attached hydrogens (tertiary/aromatic N) is 1. The fourth-order valence-electron chi connectivity index (χ4n) is 1.59. The van der Waals surface area contributed by atoms with Crippen molar-refractivity contribution in [1.82, 2.24) is 9.97 Å². The average Bonchev–Trinajstić information content (AvgIpc) is 2.67. The van der Waals surface area contributed by atoms with Gasteiger partial charge in [-0.2, -0.15) is 0 Å². The van der Waals surface area contributed by atoms with Gasteiger partial charge in [-0.25, -0.2) is 4.98 Å². The Morgan fingerprint density at radius 1 is 1.32 bits per heavy atom. The smallest absolute Gasteiger partial charge is 0.192 e. The molecule has 1 N–H and O–H groups in total. The van der Waals surface area contributed by atoms with Crippen LogP contribution in [0.4, 0.5) is 0 Å². The lowest BCUT2D eigenvalue weighted by molar-refractivity contribution is 0.273. The number of fused-ring (bicyclic) bond motifs is 1. The van der Waals surface area contributed by atoms with E-state index in [1.807, 2.05) is 12.1 Å². The van der Waals surface area contributed by atoms with Crippen LogP contribution < -0.4 is 0 Å². The molecule has 2 heterocycles. The summed E-state index contributed by atoms with van der Waals surface area (Å²) in [6.45, 7) is 11.9. The number of H-pyrrole nitrogens is 1. The molecule has 0 aliphatic heterocycles. The average molecular weight is 341 g/mol. The second kappa shape index (κ2) is 5.03. The van der Waals surface area contributed by atoms with Crippen LogP contribution in [-0.2, 0) is 11.0 Å². The molecule has 0 amide bonds. The molecule has 3 nitrogen and oxygen atoms in total. The van der Waals surface area contributed by atoms with E-state index in [9.17, 15) is 0 Å². The number of halogens is 1. The molecule has 0 fully saturated rings. The van der Waals surface area contributed by atoms with Crippen LogP contribution in [0.2, 0.25) is 18.1 Å². The zero-order valence-corrected chi connectivity index (χ0v) is 14.8. The van der Waals surface area contributed by atoms with Gasteiger partial charge in [-0.3, -0.25) is 0 Å². The Balaban J connectivity index is 2.14. The fourth-order valence-corrected chi connectivity index (χ4v) is 2.86. The number of hydrogen-bond acceptors (Lipinski definition) is 2. The van der Waals surface area contributed by atoms with Gasteiger partial charge in [0.2, 0.25) is 0 Å². The van der Waals surface area contributed by atoms with Crippen molar-refractivity contribution >= 4 is 35.3 Å². The molecule has 0 spiro atoms. The summed E-state index contributed by atoms with van der Waals surface area (Å²) in [6, 6.07) is 6.03. The first-order valence-electron chi connectivity index (χ1n) is 6.47. The largest absolute Gasteiger partial charge is 0.411 e. The van der Waals surface area contributed by atoms with Crippen LogP contribution in [0.5, 0.6) is 0 Å². The summed E-state index contributed by atoms with van der Waals surface area (Å²) in [5, 5.41) is 0.236. The van der Waals surface area contributed by atoms with Gasteiger partial charge in [0, 0.05) is 5.69 Å². The van der Waals surface area contributed by atoms with Crippen LogP contribution in [-0.4, -0.2) is 18.3 Å². The summed E-state index contributed by atoms with van der Waals surface area (Å²) in [7, 11) is -1.70. The second-order valence-electron chi connectivity index (χ2n) is 6.41. The molecule has 0 atom stereocenters. The van der Waals surface area contributed by atoms with Crippen LogP contribution in [0.1, 0.15) is 26.5 Å². The van der Waals surface area contributed by atoms with E-state index < -0.39 is 8.32 Å². The molecule has 0 radical (unpaired) electrons. The van der Waals surface area contributed by atoms with E-state index >= 15 is 0 Å². The second-order valence-corrected chi connectivity index (χ2v) is 12.0. The van der Waals surface area contributed by atoms with E-state index in [2.05, 4.69) is 65.8 Å². The highest BCUT2D eigenvalue weighted by Crippen LogP contribution is 2.37. The van der Waals surface area contributed by atoms with Gasteiger partial charge >= 0.3 is 0 Å². The van der Waals surface area contributed by atoms with Crippen molar-refractivity contribution < 1.29 is 4.43 Å². The Kier molecular flexibility index (Phi) is 3.91. The van der Waals surface area contributed by atoms with Crippen LogP contribution in [0.3, 0.4) is 0 Å². The molecule has 104 valence electrons. The Morgan fingerprint density at radius 3 is 2.63 bits per heavy atom. The van der Waals surface area contributed by atoms with Crippen molar-refractivity contribution in [3.63, 3.8) is 0 Å². The van der Waals surface area contributed by atoms with Gasteiger partial charge in [-0.1, -0.05) is 20.8 Å². The van der Waals surface area contributed by atoms with Crippen molar-refractivity contribution in [2.75, 3.05) is 0 Å². The maximum Gasteiger partial charge on any atom is 0.192 e. The van der Waals surface area contributed by atoms with Gasteiger partial charge in [0.15, 0.2) is 8.32 Å². The number of pyridine rings is 1. The van der Waals surface area contributed by atoms with Gasteiger partial charge < -0.3 is 9.41 Å². The molecule has 0 aliphatic rings. The minimum atomic E-state index is -1.70. The van der Waals surface area contributed by atoms with E-state index in [4.69, 9.17) is 4.43 Å². The Morgan fingerprint density at radius 2 is 2.00 bits per heavy atom. The van der Waals surface area contributed by atoms with Gasteiger partial charge in [0.1, 0.15) is 4.60 Å². The number of rotatable bonds is 3. The molecule has 5 heteroatoms. The Hall–Kier alpha value is -0.653. The monoisotopic (exact) mass is 340 g/mol. The van der Waals surface area contributed by atoms with E-state index in [1.165, 1.54) is 0 Å². The molecule has 0 aliphatic carbocycles. The quantitative estimate of drug-likeness (QED) is 0.640. The fraction of sp³-hybridized carbons (Fsp3) is 0.500. The van der Waals surface area contributed by atoms with Crippen molar-refractivity contribution in [2.45, 2.75) is 45.5 Å². The maximum atomic E-state index is 6.21. The zero-order valence-electron chi connectivity index (χ0n) is 12.2.